The van der Waals surface area contributed by atoms with Gasteiger partial charge in [0.2, 0.25) is 0 Å². The largest absolute Gasteiger partial charge is 0.385 e. The fourth-order valence-corrected chi connectivity index (χ4v) is 3.66. The second-order valence-electron chi connectivity index (χ2n) is 6.31. The van der Waals surface area contributed by atoms with Gasteiger partial charge in [-0.25, -0.2) is 0 Å². The molecule has 1 saturated heterocycles. The predicted molar refractivity (Wildman–Crippen MR) is 80.5 cm³/mol. The fourth-order valence-electron chi connectivity index (χ4n) is 3.66. The van der Waals surface area contributed by atoms with Gasteiger partial charge in [0.25, 0.3) is 0 Å². The van der Waals surface area contributed by atoms with Crippen molar-refractivity contribution in [2.75, 3.05) is 39.9 Å². The van der Waals surface area contributed by atoms with Gasteiger partial charge in [-0.2, -0.15) is 0 Å². The Labute approximate surface area is 119 Å². The van der Waals surface area contributed by atoms with Crippen molar-refractivity contribution in [2.24, 2.45) is 5.92 Å². The zero-order valence-electron chi connectivity index (χ0n) is 12.7. The zero-order chi connectivity index (χ0) is 13.3. The number of hydrogen-bond acceptors (Lipinski definition) is 3. The highest BCUT2D eigenvalue weighted by Gasteiger charge is 2.27. The minimum Gasteiger partial charge on any atom is -0.385 e. The van der Waals surface area contributed by atoms with E-state index in [1.54, 1.807) is 7.11 Å². The first-order valence-corrected chi connectivity index (χ1v) is 8.35. The Hall–Kier alpha value is -0.120. The van der Waals surface area contributed by atoms with Crippen LogP contribution in [0, 0.1) is 5.92 Å². The van der Waals surface area contributed by atoms with Gasteiger partial charge in [0.15, 0.2) is 0 Å². The second-order valence-corrected chi connectivity index (χ2v) is 6.31. The predicted octanol–water partition coefficient (Wildman–Crippen LogP) is 2.66. The van der Waals surface area contributed by atoms with Crippen molar-refractivity contribution in [3.05, 3.63) is 0 Å². The lowest BCUT2D eigenvalue weighted by molar-refractivity contribution is 0.142. The molecule has 1 heterocycles. The van der Waals surface area contributed by atoms with Crippen molar-refractivity contribution in [1.82, 2.24) is 10.2 Å². The van der Waals surface area contributed by atoms with Crippen LogP contribution in [-0.4, -0.2) is 50.8 Å². The Morgan fingerprint density at radius 2 is 1.95 bits per heavy atom. The molecular formula is C16H32N2O. The maximum absolute atomic E-state index is 5.11. The Morgan fingerprint density at radius 3 is 2.74 bits per heavy atom. The number of ether oxygens (including phenoxy) is 1. The minimum absolute atomic E-state index is 0.771. The molecule has 1 aliphatic carbocycles. The average molecular weight is 268 g/mol. The molecular weight excluding hydrogens is 236 g/mol. The van der Waals surface area contributed by atoms with E-state index in [0.717, 1.165) is 18.6 Å². The Morgan fingerprint density at radius 1 is 1.11 bits per heavy atom. The van der Waals surface area contributed by atoms with E-state index in [4.69, 9.17) is 4.74 Å². The minimum atomic E-state index is 0.771. The van der Waals surface area contributed by atoms with Crippen LogP contribution < -0.4 is 5.32 Å². The van der Waals surface area contributed by atoms with E-state index in [2.05, 4.69) is 10.2 Å². The van der Waals surface area contributed by atoms with Gasteiger partial charge in [-0.05, 0) is 44.6 Å². The highest BCUT2D eigenvalue weighted by atomic mass is 16.5. The van der Waals surface area contributed by atoms with Crippen LogP contribution in [0.25, 0.3) is 0 Å². The molecule has 1 unspecified atom stereocenters. The number of nitrogens with zero attached hydrogens (tertiary/aromatic N) is 1. The molecule has 0 aromatic carbocycles. The third kappa shape index (κ3) is 5.41. The standard InChI is InChI=1S/C16H32N2O/c1-19-13-7-3-6-11-18-12-10-17-16(14-18)15-8-4-2-5-9-15/h15-17H,2-14H2,1H3. The summed E-state index contributed by atoms with van der Waals surface area (Å²) in [5, 5.41) is 3.77. The van der Waals surface area contributed by atoms with Gasteiger partial charge in [-0.15, -0.1) is 0 Å². The summed E-state index contributed by atoms with van der Waals surface area (Å²) in [7, 11) is 1.80. The molecule has 19 heavy (non-hydrogen) atoms. The van der Waals surface area contributed by atoms with Gasteiger partial charge in [-0.3, -0.25) is 0 Å². The van der Waals surface area contributed by atoms with E-state index in [9.17, 15) is 0 Å². The SMILES string of the molecule is COCCCCCN1CCNC(C2CCCCC2)C1. The van der Waals surface area contributed by atoms with Crippen molar-refractivity contribution in [2.45, 2.75) is 57.4 Å². The molecule has 1 saturated carbocycles. The molecule has 1 aliphatic heterocycles. The molecule has 0 radical (unpaired) electrons. The third-order valence-corrected chi connectivity index (χ3v) is 4.83. The Balaban J connectivity index is 1.62. The third-order valence-electron chi connectivity index (χ3n) is 4.83. The van der Waals surface area contributed by atoms with Crippen LogP contribution in [-0.2, 0) is 4.74 Å². The molecule has 112 valence electrons. The number of rotatable bonds is 7. The summed E-state index contributed by atoms with van der Waals surface area (Å²) in [6.07, 6.45) is 11.2. The van der Waals surface area contributed by atoms with E-state index in [1.165, 1.54) is 77.5 Å². The van der Waals surface area contributed by atoms with Crippen LogP contribution in [0.3, 0.4) is 0 Å². The quantitative estimate of drug-likeness (QED) is 0.718. The fraction of sp³-hybridized carbons (Fsp3) is 1.00. The molecule has 2 rings (SSSR count). The van der Waals surface area contributed by atoms with Gasteiger partial charge < -0.3 is 15.0 Å². The second kappa shape index (κ2) is 8.93. The molecule has 0 bridgehead atoms. The zero-order valence-corrected chi connectivity index (χ0v) is 12.7. The van der Waals surface area contributed by atoms with E-state index in [-0.39, 0.29) is 0 Å². The summed E-state index contributed by atoms with van der Waals surface area (Å²) >= 11 is 0. The molecule has 0 aromatic heterocycles. The molecule has 3 nitrogen and oxygen atoms in total. The molecule has 2 aliphatic rings. The lowest BCUT2D eigenvalue weighted by atomic mass is 9.83. The monoisotopic (exact) mass is 268 g/mol. The summed E-state index contributed by atoms with van der Waals surface area (Å²) in [5.41, 5.74) is 0. The highest BCUT2D eigenvalue weighted by Crippen LogP contribution is 2.27. The average Bonchev–Trinajstić information content (AvgIpc) is 2.48. The Kier molecular flexibility index (Phi) is 7.18. The topological polar surface area (TPSA) is 24.5 Å². The summed E-state index contributed by atoms with van der Waals surface area (Å²) in [6, 6.07) is 0.771. The summed E-state index contributed by atoms with van der Waals surface area (Å²) < 4.78 is 5.11. The number of hydrogen-bond donors (Lipinski definition) is 1. The van der Waals surface area contributed by atoms with E-state index >= 15 is 0 Å². The molecule has 3 heteroatoms. The smallest absolute Gasteiger partial charge is 0.0462 e. The summed E-state index contributed by atoms with van der Waals surface area (Å²) in [5.74, 6) is 0.949. The van der Waals surface area contributed by atoms with Crippen LogP contribution in [0.1, 0.15) is 51.4 Å². The first-order chi connectivity index (χ1) is 9.40. The van der Waals surface area contributed by atoms with Gasteiger partial charge in [0.1, 0.15) is 0 Å². The van der Waals surface area contributed by atoms with E-state index in [1.807, 2.05) is 0 Å². The number of methoxy groups -OCH3 is 1. The lowest BCUT2D eigenvalue weighted by Gasteiger charge is -2.39. The lowest BCUT2D eigenvalue weighted by Crippen LogP contribution is -2.54. The molecule has 0 spiro atoms. The molecule has 1 atom stereocenters. The van der Waals surface area contributed by atoms with Gasteiger partial charge in [0.05, 0.1) is 0 Å². The van der Waals surface area contributed by atoms with Crippen molar-refractivity contribution >= 4 is 0 Å². The molecule has 2 fully saturated rings. The number of piperazine rings is 1. The Bertz CT molecular complexity index is 229. The van der Waals surface area contributed by atoms with Crippen LogP contribution >= 0.6 is 0 Å². The maximum Gasteiger partial charge on any atom is 0.0462 e. The maximum atomic E-state index is 5.11. The van der Waals surface area contributed by atoms with E-state index in [0.29, 0.717) is 0 Å². The van der Waals surface area contributed by atoms with Gasteiger partial charge in [-0.1, -0.05) is 19.3 Å². The van der Waals surface area contributed by atoms with Crippen LogP contribution in [0.15, 0.2) is 0 Å². The summed E-state index contributed by atoms with van der Waals surface area (Å²) in [6.45, 7) is 5.93. The molecule has 0 amide bonds. The van der Waals surface area contributed by atoms with Crippen LogP contribution in [0.4, 0.5) is 0 Å². The van der Waals surface area contributed by atoms with Gasteiger partial charge in [0, 0.05) is 39.4 Å². The van der Waals surface area contributed by atoms with Crippen molar-refractivity contribution in [3.8, 4) is 0 Å². The first kappa shape index (κ1) is 15.3. The summed E-state index contributed by atoms with van der Waals surface area (Å²) in [4.78, 5) is 2.68. The number of unbranched alkanes of at least 4 members (excludes halogenated alkanes) is 2. The molecule has 1 N–H and O–H groups in total. The number of nitrogens with one attached hydrogen (secondary N) is 1. The first-order valence-electron chi connectivity index (χ1n) is 8.35. The van der Waals surface area contributed by atoms with Crippen LogP contribution in [0.2, 0.25) is 0 Å². The van der Waals surface area contributed by atoms with Crippen molar-refractivity contribution < 1.29 is 4.74 Å². The van der Waals surface area contributed by atoms with Crippen molar-refractivity contribution in [1.29, 1.82) is 0 Å². The van der Waals surface area contributed by atoms with Gasteiger partial charge >= 0.3 is 0 Å². The van der Waals surface area contributed by atoms with Crippen molar-refractivity contribution in [3.63, 3.8) is 0 Å². The molecule has 0 aromatic rings. The van der Waals surface area contributed by atoms with Crippen LogP contribution in [0.5, 0.6) is 0 Å². The highest BCUT2D eigenvalue weighted by molar-refractivity contribution is 4.85. The normalized spacial score (nSPS) is 26.7. The van der Waals surface area contributed by atoms with E-state index < -0.39 is 0 Å².